The Hall–Kier alpha value is -2.95. The Balaban J connectivity index is 1.57. The third kappa shape index (κ3) is 5.87. The Bertz CT molecular complexity index is 1160. The first-order valence-electron chi connectivity index (χ1n) is 13.1. The van der Waals surface area contributed by atoms with E-state index >= 15 is 4.11 Å². The highest BCUT2D eigenvalue weighted by Crippen LogP contribution is 2.48. The van der Waals surface area contributed by atoms with Gasteiger partial charge in [0.15, 0.2) is 0 Å². The second kappa shape index (κ2) is 11.4. The minimum absolute atomic E-state index is 0.0305. The Morgan fingerprint density at radius 3 is 2.61 bits per heavy atom. The van der Waals surface area contributed by atoms with E-state index in [-0.39, 0.29) is 36.8 Å². The first-order chi connectivity index (χ1) is 18.0. The average Bonchev–Trinajstić information content (AvgIpc) is 3.36. The number of carbonyl (C=O) groups is 2. The van der Waals surface area contributed by atoms with Crippen LogP contribution in [0.25, 0.3) is 0 Å². The van der Waals surface area contributed by atoms with Crippen molar-refractivity contribution in [1.29, 1.82) is 0 Å². The fourth-order valence-corrected chi connectivity index (χ4v) is 7.51. The van der Waals surface area contributed by atoms with E-state index in [0.29, 0.717) is 29.2 Å². The van der Waals surface area contributed by atoms with Gasteiger partial charge in [0.2, 0.25) is 14.3 Å². The van der Waals surface area contributed by atoms with Crippen molar-refractivity contribution in [2.45, 2.75) is 63.1 Å². The van der Waals surface area contributed by atoms with Crippen molar-refractivity contribution in [3.8, 4) is 5.75 Å². The van der Waals surface area contributed by atoms with E-state index in [9.17, 15) is 14.7 Å². The van der Waals surface area contributed by atoms with E-state index in [4.69, 9.17) is 15.2 Å². The van der Waals surface area contributed by atoms with Crippen LogP contribution < -0.4 is 15.8 Å². The standard InChI is InChI=1S/C28H38FN3O5Si/c1-17-26(36-2)22-14-20(31-28(35)18-7-9-19(30)10-8-18)11-12-23(22)37-27(17)24(38(3,4)29)15-25(34)32-13-5-6-21(32)16-33/h7-12,14,17,21,24,26-27,33H,5-6,13,15-16,30H2,1-4H3,(H,31,35)/t17-,21+,24?,26-,27-/m1/s1. The molecule has 38 heavy (non-hydrogen) atoms. The van der Waals surface area contributed by atoms with Crippen molar-refractivity contribution in [2.75, 3.05) is 31.3 Å². The third-order valence-corrected chi connectivity index (χ3v) is 10.1. The van der Waals surface area contributed by atoms with Crippen LogP contribution in [0.5, 0.6) is 5.75 Å². The lowest BCUT2D eigenvalue weighted by atomic mass is 9.86. The summed E-state index contributed by atoms with van der Waals surface area (Å²) in [7, 11) is -1.76. The quantitative estimate of drug-likeness (QED) is 0.256. The van der Waals surface area contributed by atoms with E-state index < -0.39 is 26.2 Å². The van der Waals surface area contributed by atoms with Gasteiger partial charge >= 0.3 is 0 Å². The number of nitrogens with two attached hydrogens (primary N) is 1. The van der Waals surface area contributed by atoms with Gasteiger partial charge in [-0.15, -0.1) is 0 Å². The zero-order chi connectivity index (χ0) is 27.6. The van der Waals surface area contributed by atoms with Crippen molar-refractivity contribution in [3.63, 3.8) is 0 Å². The van der Waals surface area contributed by atoms with Gasteiger partial charge in [0, 0.05) is 54.0 Å². The lowest BCUT2D eigenvalue weighted by Gasteiger charge is -2.43. The molecule has 0 radical (unpaired) electrons. The Morgan fingerprint density at radius 2 is 1.97 bits per heavy atom. The van der Waals surface area contributed by atoms with Crippen molar-refractivity contribution in [1.82, 2.24) is 4.90 Å². The van der Waals surface area contributed by atoms with E-state index in [1.807, 2.05) is 13.0 Å². The van der Waals surface area contributed by atoms with Gasteiger partial charge in [0.25, 0.3) is 5.91 Å². The molecule has 2 aliphatic heterocycles. The summed E-state index contributed by atoms with van der Waals surface area (Å²) in [6.45, 7) is 5.68. The number of aliphatic hydroxyl groups excluding tert-OH is 1. The minimum Gasteiger partial charge on any atom is -0.490 e. The number of nitrogen functional groups attached to an aromatic ring is 1. The maximum atomic E-state index is 15.8. The topological polar surface area (TPSA) is 114 Å². The van der Waals surface area contributed by atoms with E-state index in [0.717, 1.165) is 18.4 Å². The molecular formula is C28H38FN3O5Si. The number of aliphatic hydroxyl groups is 1. The molecule has 2 aliphatic rings. The summed E-state index contributed by atoms with van der Waals surface area (Å²) in [5.41, 5.74) is 7.52. The summed E-state index contributed by atoms with van der Waals surface area (Å²) in [6.07, 6.45) is 0.653. The van der Waals surface area contributed by atoms with E-state index in [2.05, 4.69) is 5.32 Å². The monoisotopic (exact) mass is 543 g/mol. The largest absolute Gasteiger partial charge is 0.490 e. The van der Waals surface area contributed by atoms with Crippen molar-refractivity contribution in [2.24, 2.45) is 5.92 Å². The summed E-state index contributed by atoms with van der Waals surface area (Å²) in [5, 5.41) is 12.6. The number of anilines is 2. The summed E-state index contributed by atoms with van der Waals surface area (Å²) >= 11 is 0. The molecule has 0 aliphatic carbocycles. The molecule has 0 spiro atoms. The second-order valence-electron chi connectivity index (χ2n) is 10.9. The number of hydrogen-bond acceptors (Lipinski definition) is 6. The van der Waals surface area contributed by atoms with Crippen LogP contribution in [0.3, 0.4) is 0 Å². The van der Waals surface area contributed by atoms with Crippen LogP contribution in [0.4, 0.5) is 15.5 Å². The van der Waals surface area contributed by atoms with Gasteiger partial charge in [-0.05, 0) is 68.4 Å². The molecule has 4 N–H and O–H groups in total. The zero-order valence-corrected chi connectivity index (χ0v) is 23.4. The number of likely N-dealkylation sites (tertiary alicyclic amines) is 1. The number of carbonyl (C=O) groups excluding carboxylic acids is 2. The molecule has 206 valence electrons. The predicted octanol–water partition coefficient (Wildman–Crippen LogP) is 4.52. The number of hydrogen-bond donors (Lipinski definition) is 3. The van der Waals surface area contributed by atoms with E-state index in [1.54, 1.807) is 61.5 Å². The second-order valence-corrected chi connectivity index (χ2v) is 14.7. The molecule has 2 aromatic carbocycles. The lowest BCUT2D eigenvalue weighted by Crippen LogP contribution is -2.48. The number of rotatable bonds is 8. The molecule has 0 aromatic heterocycles. The molecule has 2 heterocycles. The molecule has 4 rings (SSSR count). The highest BCUT2D eigenvalue weighted by molar-refractivity contribution is 6.72. The molecule has 0 bridgehead atoms. The fourth-order valence-electron chi connectivity index (χ4n) is 5.70. The van der Waals surface area contributed by atoms with Gasteiger partial charge in [-0.25, -0.2) is 0 Å². The average molecular weight is 544 g/mol. The molecule has 2 aromatic rings. The van der Waals surface area contributed by atoms with Crippen LogP contribution in [0, 0.1) is 5.92 Å². The van der Waals surface area contributed by atoms with Gasteiger partial charge in [-0.3, -0.25) is 9.59 Å². The van der Waals surface area contributed by atoms with Crippen LogP contribution in [0.2, 0.25) is 18.6 Å². The zero-order valence-electron chi connectivity index (χ0n) is 22.4. The van der Waals surface area contributed by atoms with Crippen LogP contribution in [0.15, 0.2) is 42.5 Å². The molecule has 8 nitrogen and oxygen atoms in total. The summed E-state index contributed by atoms with van der Waals surface area (Å²) in [6, 6.07) is 11.8. The maximum Gasteiger partial charge on any atom is 0.255 e. The number of methoxy groups -OCH3 is 1. The van der Waals surface area contributed by atoms with Gasteiger partial charge in [0.05, 0.1) is 18.8 Å². The predicted molar refractivity (Wildman–Crippen MR) is 147 cm³/mol. The first-order valence-corrected chi connectivity index (χ1v) is 16.1. The lowest BCUT2D eigenvalue weighted by molar-refractivity contribution is -0.133. The highest BCUT2D eigenvalue weighted by atomic mass is 28.4. The molecule has 2 amide bonds. The fraction of sp³-hybridized carbons (Fsp3) is 0.500. The molecule has 1 unspecified atom stereocenters. The van der Waals surface area contributed by atoms with Crippen LogP contribution in [0.1, 0.15) is 48.2 Å². The normalized spacial score (nSPS) is 23.9. The smallest absolute Gasteiger partial charge is 0.255 e. The minimum atomic E-state index is -3.36. The van der Waals surface area contributed by atoms with Gasteiger partial charge in [-0.1, -0.05) is 6.92 Å². The first kappa shape index (κ1) is 28.1. The Morgan fingerprint density at radius 1 is 1.26 bits per heavy atom. The molecule has 5 atom stereocenters. The number of fused-ring (bicyclic) bond motifs is 1. The van der Waals surface area contributed by atoms with Crippen molar-refractivity contribution < 1.29 is 28.3 Å². The van der Waals surface area contributed by atoms with Gasteiger partial charge < -0.3 is 34.6 Å². The number of amides is 2. The van der Waals surface area contributed by atoms with Crippen molar-refractivity contribution >= 4 is 31.6 Å². The Kier molecular flexibility index (Phi) is 8.44. The van der Waals surface area contributed by atoms with E-state index in [1.165, 1.54) is 0 Å². The Labute approximate surface area is 224 Å². The summed E-state index contributed by atoms with van der Waals surface area (Å²) < 4.78 is 28.1. The molecule has 10 heteroatoms. The number of nitrogens with zero attached hydrogens (tertiary/aromatic N) is 1. The van der Waals surface area contributed by atoms with Crippen LogP contribution in [-0.2, 0) is 9.53 Å². The molecule has 1 saturated heterocycles. The van der Waals surface area contributed by atoms with Gasteiger partial charge in [0.1, 0.15) is 11.9 Å². The number of halogens is 1. The van der Waals surface area contributed by atoms with Gasteiger partial charge in [-0.2, -0.15) is 0 Å². The summed E-state index contributed by atoms with van der Waals surface area (Å²) in [5.74, 6) is -0.104. The SMILES string of the molecule is CO[C@H]1c2cc(NC(=O)c3ccc(N)cc3)ccc2O[C@@H](C(CC(=O)N2CCC[C@H]2CO)[Si](C)(C)F)[C@@H]1C. The highest BCUT2D eigenvalue weighted by Gasteiger charge is 2.49. The third-order valence-electron chi connectivity index (χ3n) is 7.84. The number of benzene rings is 2. The number of nitrogens with one attached hydrogen (secondary N) is 1. The summed E-state index contributed by atoms with van der Waals surface area (Å²) in [4.78, 5) is 27.6. The van der Waals surface area contributed by atoms with Crippen molar-refractivity contribution in [3.05, 3.63) is 53.6 Å². The van der Waals surface area contributed by atoms with Crippen LogP contribution in [-0.4, -0.2) is 62.6 Å². The number of ether oxygens (including phenoxy) is 2. The molecular weight excluding hydrogens is 505 g/mol. The maximum absolute atomic E-state index is 15.8. The molecule has 0 saturated carbocycles. The van der Waals surface area contributed by atoms with Crippen LogP contribution >= 0.6 is 0 Å². The molecule has 1 fully saturated rings.